The minimum Gasteiger partial charge on any atom is -0.493 e. The van der Waals surface area contributed by atoms with Gasteiger partial charge in [0.1, 0.15) is 5.69 Å². The van der Waals surface area contributed by atoms with Crippen LogP contribution in [0, 0.1) is 0 Å². The summed E-state index contributed by atoms with van der Waals surface area (Å²) in [6.07, 6.45) is -4.52. The maximum absolute atomic E-state index is 12.6. The highest BCUT2D eigenvalue weighted by Gasteiger charge is 2.32. The minimum absolute atomic E-state index is 0.163. The second kappa shape index (κ2) is 6.01. The molecule has 1 aromatic carbocycles. The predicted molar refractivity (Wildman–Crippen MR) is 70.2 cm³/mol. The summed E-state index contributed by atoms with van der Waals surface area (Å²) < 4.78 is 48.3. The summed E-state index contributed by atoms with van der Waals surface area (Å²) in [7, 11) is 1.43. The van der Waals surface area contributed by atoms with E-state index in [0.29, 0.717) is 12.3 Å². The zero-order valence-electron chi connectivity index (χ0n) is 11.1. The van der Waals surface area contributed by atoms with Crippen molar-refractivity contribution in [1.29, 1.82) is 0 Å². The number of pyridine rings is 1. The quantitative estimate of drug-likeness (QED) is 0.940. The molecule has 21 heavy (non-hydrogen) atoms. The lowest BCUT2D eigenvalue weighted by atomic mass is 10.2. The van der Waals surface area contributed by atoms with Gasteiger partial charge in [0, 0.05) is 12.6 Å². The molecule has 2 rings (SSSR count). The highest BCUT2D eigenvalue weighted by molar-refractivity contribution is 5.44. The fraction of sp³-hybridized carbons (Fsp3) is 0.214. The highest BCUT2D eigenvalue weighted by atomic mass is 19.4. The van der Waals surface area contributed by atoms with Gasteiger partial charge in [0.05, 0.1) is 7.11 Å². The Kier molecular flexibility index (Phi) is 4.32. The van der Waals surface area contributed by atoms with Crippen molar-refractivity contribution in [3.63, 3.8) is 0 Å². The van der Waals surface area contributed by atoms with Crippen molar-refractivity contribution in [2.24, 2.45) is 5.73 Å². The molecule has 0 radical (unpaired) electrons. The van der Waals surface area contributed by atoms with E-state index in [9.17, 15) is 13.2 Å². The van der Waals surface area contributed by atoms with Crippen molar-refractivity contribution in [2.45, 2.75) is 12.7 Å². The first kappa shape index (κ1) is 15.1. The van der Waals surface area contributed by atoms with Crippen LogP contribution >= 0.6 is 0 Å². The number of nitrogens with zero attached hydrogens (tertiary/aromatic N) is 1. The number of methoxy groups -OCH3 is 1. The lowest BCUT2D eigenvalue weighted by molar-refractivity contribution is -0.141. The fourth-order valence-corrected chi connectivity index (χ4v) is 1.67. The summed E-state index contributed by atoms with van der Waals surface area (Å²) in [5, 5.41) is 0. The smallest absolute Gasteiger partial charge is 0.433 e. The van der Waals surface area contributed by atoms with Crippen LogP contribution in [0.3, 0.4) is 0 Å². The predicted octanol–water partition coefficient (Wildman–Crippen LogP) is 3.36. The van der Waals surface area contributed by atoms with Crippen molar-refractivity contribution >= 4 is 0 Å². The summed E-state index contributed by atoms with van der Waals surface area (Å²) in [6.45, 7) is 0.318. The Balaban J connectivity index is 2.30. The molecule has 0 spiro atoms. The number of nitrogens with two attached hydrogens (primary N) is 1. The Morgan fingerprint density at radius 2 is 1.90 bits per heavy atom. The zero-order valence-corrected chi connectivity index (χ0v) is 11.1. The molecule has 112 valence electrons. The largest absolute Gasteiger partial charge is 0.493 e. The molecular formula is C14H13F3N2O2. The minimum atomic E-state index is -4.52. The highest BCUT2D eigenvalue weighted by Crippen LogP contribution is 2.33. The number of rotatable bonds is 4. The number of benzene rings is 1. The molecule has 0 fully saturated rings. The lowest BCUT2D eigenvalue weighted by Crippen LogP contribution is -2.08. The first-order valence-electron chi connectivity index (χ1n) is 6.03. The Morgan fingerprint density at radius 1 is 1.14 bits per heavy atom. The first-order valence-corrected chi connectivity index (χ1v) is 6.03. The van der Waals surface area contributed by atoms with Gasteiger partial charge in [-0.15, -0.1) is 0 Å². The van der Waals surface area contributed by atoms with Crippen LogP contribution in [0.4, 0.5) is 13.2 Å². The van der Waals surface area contributed by atoms with Gasteiger partial charge in [-0.2, -0.15) is 13.2 Å². The van der Waals surface area contributed by atoms with Gasteiger partial charge in [0.15, 0.2) is 11.5 Å². The molecule has 2 aromatic rings. The molecular weight excluding hydrogens is 285 g/mol. The molecule has 0 saturated carbocycles. The number of ether oxygens (including phenoxy) is 2. The molecule has 7 heteroatoms. The summed E-state index contributed by atoms with van der Waals surface area (Å²) >= 11 is 0. The van der Waals surface area contributed by atoms with E-state index in [0.717, 1.165) is 11.6 Å². The van der Waals surface area contributed by atoms with Crippen molar-refractivity contribution in [2.75, 3.05) is 7.11 Å². The standard InChI is InChI=1S/C14H13F3N2O2/c1-20-11-7-9(8-18)5-6-10(11)21-13-4-2-3-12(19-13)14(15,16)17/h2-7H,8,18H2,1H3. The maximum Gasteiger partial charge on any atom is 0.433 e. The third kappa shape index (κ3) is 3.63. The monoisotopic (exact) mass is 298 g/mol. The lowest BCUT2D eigenvalue weighted by Gasteiger charge is -2.12. The van der Waals surface area contributed by atoms with Crippen LogP contribution in [0.15, 0.2) is 36.4 Å². The molecule has 2 N–H and O–H groups in total. The fourth-order valence-electron chi connectivity index (χ4n) is 1.67. The van der Waals surface area contributed by atoms with Gasteiger partial charge in [0.2, 0.25) is 5.88 Å². The molecule has 0 aliphatic carbocycles. The summed E-state index contributed by atoms with van der Waals surface area (Å²) in [6, 6.07) is 8.37. The van der Waals surface area contributed by atoms with Crippen molar-refractivity contribution < 1.29 is 22.6 Å². The van der Waals surface area contributed by atoms with E-state index in [1.807, 2.05) is 0 Å². The van der Waals surface area contributed by atoms with Crippen LogP contribution in [0.1, 0.15) is 11.3 Å². The van der Waals surface area contributed by atoms with E-state index in [-0.39, 0.29) is 11.6 Å². The average molecular weight is 298 g/mol. The molecule has 1 heterocycles. The topological polar surface area (TPSA) is 57.4 Å². The van der Waals surface area contributed by atoms with Crippen LogP contribution < -0.4 is 15.2 Å². The molecule has 0 unspecified atom stereocenters. The van der Waals surface area contributed by atoms with Gasteiger partial charge in [-0.05, 0) is 23.8 Å². The maximum atomic E-state index is 12.6. The van der Waals surface area contributed by atoms with Crippen LogP contribution in [0.5, 0.6) is 17.4 Å². The van der Waals surface area contributed by atoms with Crippen LogP contribution in [0.25, 0.3) is 0 Å². The molecule has 0 amide bonds. The van der Waals surface area contributed by atoms with Crippen molar-refractivity contribution in [3.8, 4) is 17.4 Å². The van der Waals surface area contributed by atoms with Crippen molar-refractivity contribution in [3.05, 3.63) is 47.7 Å². The molecule has 0 saturated heterocycles. The molecule has 1 aromatic heterocycles. The third-order valence-corrected chi connectivity index (χ3v) is 2.69. The van der Waals surface area contributed by atoms with E-state index in [4.69, 9.17) is 15.2 Å². The Bertz CT molecular complexity index is 630. The van der Waals surface area contributed by atoms with Gasteiger partial charge in [-0.25, -0.2) is 4.98 Å². The number of aromatic nitrogens is 1. The van der Waals surface area contributed by atoms with E-state index < -0.39 is 11.9 Å². The van der Waals surface area contributed by atoms with Gasteiger partial charge in [0.25, 0.3) is 0 Å². The van der Waals surface area contributed by atoms with E-state index >= 15 is 0 Å². The number of hydrogen-bond acceptors (Lipinski definition) is 4. The number of alkyl halides is 3. The van der Waals surface area contributed by atoms with Gasteiger partial charge in [-0.1, -0.05) is 12.1 Å². The molecule has 0 bridgehead atoms. The Morgan fingerprint density at radius 3 is 2.52 bits per heavy atom. The molecule has 0 aliphatic heterocycles. The second-order valence-corrected chi connectivity index (χ2v) is 4.15. The number of halogens is 3. The van der Waals surface area contributed by atoms with Crippen LogP contribution in [-0.2, 0) is 12.7 Å². The van der Waals surface area contributed by atoms with E-state index in [2.05, 4.69) is 4.98 Å². The average Bonchev–Trinajstić information content (AvgIpc) is 2.47. The van der Waals surface area contributed by atoms with Gasteiger partial charge in [-0.3, -0.25) is 0 Å². The van der Waals surface area contributed by atoms with E-state index in [1.54, 1.807) is 18.2 Å². The Hall–Kier alpha value is -2.28. The third-order valence-electron chi connectivity index (χ3n) is 2.69. The molecule has 0 aliphatic rings. The van der Waals surface area contributed by atoms with Gasteiger partial charge >= 0.3 is 6.18 Å². The summed E-state index contributed by atoms with van der Waals surface area (Å²) in [5.74, 6) is 0.474. The van der Waals surface area contributed by atoms with Crippen molar-refractivity contribution in [1.82, 2.24) is 4.98 Å². The molecule has 4 nitrogen and oxygen atoms in total. The SMILES string of the molecule is COc1cc(CN)ccc1Oc1cccc(C(F)(F)F)n1. The summed E-state index contributed by atoms with van der Waals surface area (Å²) in [5.41, 5.74) is 5.31. The number of hydrogen-bond donors (Lipinski definition) is 1. The van der Waals surface area contributed by atoms with Gasteiger partial charge < -0.3 is 15.2 Å². The van der Waals surface area contributed by atoms with Crippen LogP contribution in [-0.4, -0.2) is 12.1 Å². The van der Waals surface area contributed by atoms with E-state index in [1.165, 1.54) is 19.2 Å². The first-order chi connectivity index (χ1) is 9.94. The van der Waals surface area contributed by atoms with Crippen LogP contribution in [0.2, 0.25) is 0 Å². The molecule has 0 atom stereocenters. The Labute approximate surface area is 119 Å². The summed E-state index contributed by atoms with van der Waals surface area (Å²) in [4.78, 5) is 3.43. The second-order valence-electron chi connectivity index (χ2n) is 4.15. The zero-order chi connectivity index (χ0) is 15.5. The normalized spacial score (nSPS) is 11.3.